The second-order valence-electron chi connectivity index (χ2n) is 7.37. The summed E-state index contributed by atoms with van der Waals surface area (Å²) in [5.74, 6) is 0.401. The van der Waals surface area contributed by atoms with Gasteiger partial charge in [-0.1, -0.05) is 0 Å². The number of methoxy groups -OCH3 is 1. The summed E-state index contributed by atoms with van der Waals surface area (Å²) in [6.07, 6.45) is 5.41. The number of halogens is 1. The summed E-state index contributed by atoms with van der Waals surface area (Å²) in [7, 11) is 3.22. The van der Waals surface area contributed by atoms with Gasteiger partial charge in [0.05, 0.1) is 24.2 Å². The third kappa shape index (κ3) is 3.91. The number of hydrogen-bond acceptors (Lipinski definition) is 5. The van der Waals surface area contributed by atoms with Crippen molar-refractivity contribution in [2.24, 2.45) is 7.05 Å². The van der Waals surface area contributed by atoms with Gasteiger partial charge in [-0.25, -0.2) is 14.4 Å². The first-order chi connectivity index (χ1) is 16.0. The fourth-order valence-corrected chi connectivity index (χ4v) is 3.56. The van der Waals surface area contributed by atoms with E-state index in [0.29, 0.717) is 39.9 Å². The molecule has 5 aromatic rings. The molecule has 1 N–H and O–H groups in total. The van der Waals surface area contributed by atoms with Crippen LogP contribution in [0.15, 0.2) is 73.2 Å². The summed E-state index contributed by atoms with van der Waals surface area (Å²) in [5.41, 5.74) is 3.64. The van der Waals surface area contributed by atoms with E-state index in [1.165, 1.54) is 23.9 Å². The predicted molar refractivity (Wildman–Crippen MR) is 122 cm³/mol. The predicted octanol–water partition coefficient (Wildman–Crippen LogP) is 4.20. The van der Waals surface area contributed by atoms with Gasteiger partial charge < -0.3 is 10.1 Å². The number of nitrogens with zero attached hydrogens (tertiary/aromatic N) is 5. The van der Waals surface area contributed by atoms with Gasteiger partial charge in [-0.2, -0.15) is 5.10 Å². The smallest absolute Gasteiger partial charge is 0.274 e. The van der Waals surface area contributed by atoms with E-state index in [1.807, 2.05) is 28.9 Å². The fourth-order valence-electron chi connectivity index (χ4n) is 3.56. The third-order valence-corrected chi connectivity index (χ3v) is 5.23. The Labute approximate surface area is 188 Å². The van der Waals surface area contributed by atoms with Crippen molar-refractivity contribution >= 4 is 17.4 Å². The minimum atomic E-state index is -0.356. The monoisotopic (exact) mass is 442 g/mol. The normalized spacial score (nSPS) is 11.0. The van der Waals surface area contributed by atoms with Gasteiger partial charge >= 0.3 is 0 Å². The first-order valence-electron chi connectivity index (χ1n) is 10.1. The van der Waals surface area contributed by atoms with Crippen molar-refractivity contribution in [1.29, 1.82) is 0 Å². The number of amides is 1. The summed E-state index contributed by atoms with van der Waals surface area (Å²) < 4.78 is 22.0. The van der Waals surface area contributed by atoms with E-state index in [-0.39, 0.29) is 11.7 Å². The van der Waals surface area contributed by atoms with Crippen molar-refractivity contribution in [1.82, 2.24) is 24.1 Å². The molecule has 2 aromatic carbocycles. The molecule has 33 heavy (non-hydrogen) atoms. The SMILES string of the molecule is COc1ccc(-c2cn3cccnc3n2)cc1NC(=O)c1cc(-c2ccc(F)cc2)nn1C. The molecule has 0 fully saturated rings. The third-order valence-electron chi connectivity index (χ3n) is 5.23. The maximum Gasteiger partial charge on any atom is 0.274 e. The quantitative estimate of drug-likeness (QED) is 0.441. The van der Waals surface area contributed by atoms with Crippen LogP contribution in [0.3, 0.4) is 0 Å². The molecular formula is C24H19FN6O2. The van der Waals surface area contributed by atoms with Gasteiger partial charge in [-0.3, -0.25) is 13.9 Å². The Morgan fingerprint density at radius 2 is 1.85 bits per heavy atom. The molecule has 3 heterocycles. The number of ether oxygens (including phenoxy) is 1. The molecule has 8 nitrogen and oxygen atoms in total. The number of benzene rings is 2. The Balaban J connectivity index is 1.45. The highest BCUT2D eigenvalue weighted by Crippen LogP contribution is 2.31. The van der Waals surface area contributed by atoms with Crippen LogP contribution < -0.4 is 10.1 Å². The highest BCUT2D eigenvalue weighted by molar-refractivity contribution is 6.04. The van der Waals surface area contributed by atoms with Crippen LogP contribution in [-0.4, -0.2) is 37.2 Å². The minimum Gasteiger partial charge on any atom is -0.495 e. The van der Waals surface area contributed by atoms with E-state index >= 15 is 0 Å². The Morgan fingerprint density at radius 1 is 1.06 bits per heavy atom. The Hall–Kier alpha value is -4.53. The molecule has 3 aromatic heterocycles. The van der Waals surface area contributed by atoms with Gasteiger partial charge in [-0.05, 0) is 54.6 Å². The van der Waals surface area contributed by atoms with Crippen molar-refractivity contribution in [3.63, 3.8) is 0 Å². The van der Waals surface area contributed by atoms with E-state index in [0.717, 1.165) is 5.56 Å². The number of aryl methyl sites for hydroxylation is 1. The molecule has 0 bridgehead atoms. The van der Waals surface area contributed by atoms with Gasteiger partial charge in [0.1, 0.15) is 17.3 Å². The van der Waals surface area contributed by atoms with E-state index in [2.05, 4.69) is 20.4 Å². The summed E-state index contributed by atoms with van der Waals surface area (Å²) in [5, 5.41) is 7.29. The van der Waals surface area contributed by atoms with E-state index < -0.39 is 0 Å². The highest BCUT2D eigenvalue weighted by Gasteiger charge is 2.17. The van der Waals surface area contributed by atoms with Gasteiger partial charge in [0, 0.05) is 36.8 Å². The standard InChI is InChI=1S/C24H19FN6O2/c1-30-21(13-18(29-30)15-4-7-17(25)8-5-15)23(32)27-19-12-16(6-9-22(19)33-2)20-14-31-11-3-10-26-24(31)28-20/h3-14H,1-2H3,(H,27,32). The number of anilines is 1. The first kappa shape index (κ1) is 20.4. The van der Waals surface area contributed by atoms with Crippen LogP contribution in [0.1, 0.15) is 10.5 Å². The molecule has 164 valence electrons. The van der Waals surface area contributed by atoms with Crippen LogP contribution in [0.2, 0.25) is 0 Å². The molecule has 0 aliphatic carbocycles. The molecule has 0 saturated carbocycles. The van der Waals surface area contributed by atoms with Crippen molar-refractivity contribution in [3.8, 4) is 28.3 Å². The topological polar surface area (TPSA) is 86.3 Å². The number of carbonyl (C=O) groups excluding carboxylic acids is 1. The Kier molecular flexibility index (Phi) is 5.06. The van der Waals surface area contributed by atoms with Crippen molar-refractivity contribution in [2.45, 2.75) is 0 Å². The zero-order chi connectivity index (χ0) is 22.9. The molecule has 9 heteroatoms. The molecule has 0 atom stereocenters. The Morgan fingerprint density at radius 3 is 2.61 bits per heavy atom. The average Bonchev–Trinajstić information content (AvgIpc) is 3.43. The van der Waals surface area contributed by atoms with Crippen molar-refractivity contribution in [2.75, 3.05) is 12.4 Å². The van der Waals surface area contributed by atoms with Crippen molar-refractivity contribution < 1.29 is 13.9 Å². The lowest BCUT2D eigenvalue weighted by Gasteiger charge is -2.11. The van der Waals surface area contributed by atoms with Gasteiger partial charge in [0.25, 0.3) is 5.91 Å². The Bertz CT molecular complexity index is 1440. The van der Waals surface area contributed by atoms with Crippen LogP contribution >= 0.6 is 0 Å². The zero-order valence-electron chi connectivity index (χ0n) is 17.9. The van der Waals surface area contributed by atoms with Crippen LogP contribution in [0.5, 0.6) is 5.75 Å². The van der Waals surface area contributed by atoms with Crippen LogP contribution in [0.25, 0.3) is 28.3 Å². The number of rotatable bonds is 5. The summed E-state index contributed by atoms with van der Waals surface area (Å²) in [6.45, 7) is 0. The first-order valence-corrected chi connectivity index (χ1v) is 10.1. The molecule has 0 spiro atoms. The minimum absolute atomic E-state index is 0.332. The second-order valence-corrected chi connectivity index (χ2v) is 7.37. The number of fused-ring (bicyclic) bond motifs is 1. The van der Waals surface area contributed by atoms with E-state index in [9.17, 15) is 9.18 Å². The number of imidazole rings is 1. The fraction of sp³-hybridized carbons (Fsp3) is 0.0833. The van der Waals surface area contributed by atoms with Gasteiger partial charge in [-0.15, -0.1) is 0 Å². The highest BCUT2D eigenvalue weighted by atomic mass is 19.1. The molecule has 1 amide bonds. The van der Waals surface area contributed by atoms with Gasteiger partial charge in [0.2, 0.25) is 5.78 Å². The summed E-state index contributed by atoms with van der Waals surface area (Å²) in [6, 6.07) is 14.9. The number of nitrogens with one attached hydrogen (secondary N) is 1. The number of hydrogen-bond donors (Lipinski definition) is 1. The maximum atomic E-state index is 13.2. The molecule has 0 aliphatic heterocycles. The van der Waals surface area contributed by atoms with E-state index in [4.69, 9.17) is 4.74 Å². The van der Waals surface area contributed by atoms with Crippen molar-refractivity contribution in [3.05, 3.63) is 84.7 Å². The van der Waals surface area contributed by atoms with Crippen LogP contribution in [0, 0.1) is 5.82 Å². The largest absolute Gasteiger partial charge is 0.495 e. The molecular weight excluding hydrogens is 423 g/mol. The summed E-state index contributed by atoms with van der Waals surface area (Å²) in [4.78, 5) is 21.8. The van der Waals surface area contributed by atoms with E-state index in [1.54, 1.807) is 43.6 Å². The second kappa shape index (κ2) is 8.19. The van der Waals surface area contributed by atoms with Crippen LogP contribution in [-0.2, 0) is 7.05 Å². The lowest BCUT2D eigenvalue weighted by Crippen LogP contribution is -2.16. The molecule has 0 unspecified atom stereocenters. The zero-order valence-corrected chi connectivity index (χ0v) is 17.9. The lowest BCUT2D eigenvalue weighted by molar-refractivity contribution is 0.101. The molecule has 0 aliphatic rings. The molecule has 5 rings (SSSR count). The summed E-state index contributed by atoms with van der Waals surface area (Å²) >= 11 is 0. The average molecular weight is 442 g/mol. The number of carbonyl (C=O) groups is 1. The molecule has 0 saturated heterocycles. The molecule has 0 radical (unpaired) electrons. The number of aromatic nitrogens is 5. The maximum absolute atomic E-state index is 13.2. The van der Waals surface area contributed by atoms with Crippen LogP contribution in [0.4, 0.5) is 10.1 Å². The lowest BCUT2D eigenvalue weighted by atomic mass is 10.1. The van der Waals surface area contributed by atoms with Gasteiger partial charge in [0.15, 0.2) is 0 Å².